The van der Waals surface area contributed by atoms with Gasteiger partial charge in [0.25, 0.3) is 0 Å². The molecule has 0 aliphatic heterocycles. The van der Waals surface area contributed by atoms with Crippen molar-refractivity contribution in [1.82, 2.24) is 0 Å². The smallest absolute Gasteiger partial charge is 0.00947 e. The van der Waals surface area contributed by atoms with E-state index in [1.54, 1.807) is 0 Å². The monoisotopic (exact) mass is 153 g/mol. The van der Waals surface area contributed by atoms with E-state index in [0.29, 0.717) is 0 Å². The van der Waals surface area contributed by atoms with Crippen molar-refractivity contribution in [3.63, 3.8) is 0 Å². The molecule has 0 heterocycles. The molecule has 0 amide bonds. The van der Waals surface area contributed by atoms with Crippen LogP contribution in [0.3, 0.4) is 0 Å². The quantitative estimate of drug-likeness (QED) is 0.598. The fourth-order valence-electron chi connectivity index (χ4n) is 2.14. The summed E-state index contributed by atoms with van der Waals surface area (Å²) in [5.41, 5.74) is 0.974. The van der Waals surface area contributed by atoms with Crippen LogP contribution in [0, 0.1) is 23.2 Å². The van der Waals surface area contributed by atoms with Crippen molar-refractivity contribution in [2.24, 2.45) is 17.8 Å². The van der Waals surface area contributed by atoms with Crippen molar-refractivity contribution in [2.45, 2.75) is 40.0 Å². The predicted molar refractivity (Wildman–Crippen MR) is 49.1 cm³/mol. The Morgan fingerprint density at radius 1 is 1.36 bits per heavy atom. The second kappa shape index (κ2) is 3.38. The first-order chi connectivity index (χ1) is 5.15. The van der Waals surface area contributed by atoms with Crippen LogP contribution in [-0.4, -0.2) is 5.71 Å². The maximum atomic E-state index is 7.64. The molecule has 0 bridgehead atoms. The number of rotatable bonds is 1. The predicted octanol–water partition coefficient (Wildman–Crippen LogP) is 3.10. The van der Waals surface area contributed by atoms with Gasteiger partial charge in [-0.05, 0) is 30.6 Å². The summed E-state index contributed by atoms with van der Waals surface area (Å²) in [7, 11) is 0. The van der Waals surface area contributed by atoms with E-state index in [2.05, 4.69) is 20.8 Å². The lowest BCUT2D eigenvalue weighted by Gasteiger charge is -2.33. The van der Waals surface area contributed by atoms with Crippen molar-refractivity contribution >= 4 is 5.71 Å². The second-order valence-corrected chi connectivity index (χ2v) is 4.02. The Hall–Kier alpha value is -0.330. The first-order valence-corrected chi connectivity index (χ1v) is 4.71. The molecule has 1 fully saturated rings. The highest BCUT2D eigenvalue weighted by Crippen LogP contribution is 2.34. The Bertz CT molecular complexity index is 151. The molecule has 0 spiro atoms. The summed E-state index contributed by atoms with van der Waals surface area (Å²) in [6.45, 7) is 6.86. The van der Waals surface area contributed by atoms with E-state index in [1.165, 1.54) is 6.42 Å². The van der Waals surface area contributed by atoms with Gasteiger partial charge in [0.2, 0.25) is 0 Å². The van der Waals surface area contributed by atoms with E-state index in [9.17, 15) is 0 Å². The number of hydrogen-bond acceptors (Lipinski definition) is 1. The van der Waals surface area contributed by atoms with Gasteiger partial charge in [-0.2, -0.15) is 0 Å². The van der Waals surface area contributed by atoms with Crippen LogP contribution in [0.25, 0.3) is 0 Å². The van der Waals surface area contributed by atoms with Crippen LogP contribution in [0.4, 0.5) is 0 Å². The summed E-state index contributed by atoms with van der Waals surface area (Å²) < 4.78 is 0. The van der Waals surface area contributed by atoms with E-state index in [-0.39, 0.29) is 0 Å². The highest BCUT2D eigenvalue weighted by molar-refractivity contribution is 5.82. The average Bonchev–Trinajstić information content (AvgIpc) is 1.96. The van der Waals surface area contributed by atoms with Crippen LogP contribution in [0.15, 0.2) is 0 Å². The van der Waals surface area contributed by atoms with Crippen molar-refractivity contribution in [1.29, 1.82) is 5.41 Å². The highest BCUT2D eigenvalue weighted by Gasteiger charge is 2.28. The van der Waals surface area contributed by atoms with E-state index < -0.39 is 0 Å². The third-order valence-corrected chi connectivity index (χ3v) is 3.24. The average molecular weight is 153 g/mol. The van der Waals surface area contributed by atoms with Crippen LogP contribution < -0.4 is 0 Å². The fourth-order valence-corrected chi connectivity index (χ4v) is 2.14. The van der Waals surface area contributed by atoms with Crippen LogP contribution in [0.1, 0.15) is 40.0 Å². The van der Waals surface area contributed by atoms with Crippen LogP contribution in [0.2, 0.25) is 0 Å². The molecule has 0 radical (unpaired) electrons. The lowest BCUT2D eigenvalue weighted by Crippen LogP contribution is -2.28. The summed E-state index contributed by atoms with van der Waals surface area (Å²) in [6.07, 6.45) is 3.34. The van der Waals surface area contributed by atoms with Gasteiger partial charge in [-0.1, -0.05) is 27.2 Å². The molecule has 64 valence electrons. The van der Waals surface area contributed by atoms with E-state index in [1.807, 2.05) is 0 Å². The van der Waals surface area contributed by atoms with Gasteiger partial charge in [0.05, 0.1) is 0 Å². The van der Waals surface area contributed by atoms with Crippen molar-refractivity contribution < 1.29 is 0 Å². The number of nitrogens with one attached hydrogen (secondary N) is 1. The lowest BCUT2D eigenvalue weighted by atomic mass is 9.72. The Labute approximate surface area is 69.7 Å². The van der Waals surface area contributed by atoms with Gasteiger partial charge in [0.1, 0.15) is 0 Å². The minimum atomic E-state index is 0.737. The summed E-state index contributed by atoms with van der Waals surface area (Å²) in [5, 5.41) is 7.64. The molecular formula is C10H19N. The zero-order valence-corrected chi connectivity index (χ0v) is 7.85. The topological polar surface area (TPSA) is 23.9 Å². The summed E-state index contributed by atoms with van der Waals surface area (Å²) in [4.78, 5) is 0. The largest absolute Gasteiger partial charge is 0.310 e. The summed E-state index contributed by atoms with van der Waals surface area (Å²) in [5.74, 6) is 2.35. The van der Waals surface area contributed by atoms with Crippen LogP contribution in [0.5, 0.6) is 0 Å². The molecule has 1 N–H and O–H groups in total. The van der Waals surface area contributed by atoms with Crippen LogP contribution >= 0.6 is 0 Å². The second-order valence-electron chi connectivity index (χ2n) is 4.02. The van der Waals surface area contributed by atoms with Gasteiger partial charge in [0.15, 0.2) is 0 Å². The van der Waals surface area contributed by atoms with Crippen molar-refractivity contribution in [2.75, 3.05) is 0 Å². The normalized spacial score (nSPS) is 39.2. The Morgan fingerprint density at radius 2 is 2.00 bits per heavy atom. The molecule has 1 saturated carbocycles. The molecule has 1 aliphatic rings. The Morgan fingerprint density at radius 3 is 2.55 bits per heavy atom. The van der Waals surface area contributed by atoms with Crippen LogP contribution in [-0.2, 0) is 0 Å². The van der Waals surface area contributed by atoms with Gasteiger partial charge in [-0.15, -0.1) is 0 Å². The van der Waals surface area contributed by atoms with Gasteiger partial charge < -0.3 is 5.41 Å². The molecule has 1 heteroatoms. The SMILES string of the molecule is CCC1CC(=N)CC(C)C1C. The third kappa shape index (κ3) is 1.82. The summed E-state index contributed by atoms with van der Waals surface area (Å²) in [6, 6.07) is 0. The minimum absolute atomic E-state index is 0.737. The molecule has 1 rings (SSSR count). The van der Waals surface area contributed by atoms with Gasteiger partial charge in [-0.25, -0.2) is 0 Å². The first-order valence-electron chi connectivity index (χ1n) is 4.71. The zero-order valence-electron chi connectivity index (χ0n) is 7.85. The highest BCUT2D eigenvalue weighted by atomic mass is 14.5. The van der Waals surface area contributed by atoms with Gasteiger partial charge in [0, 0.05) is 5.71 Å². The molecule has 0 aromatic heterocycles. The molecule has 0 saturated heterocycles. The molecule has 11 heavy (non-hydrogen) atoms. The zero-order chi connectivity index (χ0) is 8.43. The maximum Gasteiger partial charge on any atom is 0.00947 e. The molecule has 3 atom stereocenters. The first kappa shape index (κ1) is 8.76. The molecule has 0 aromatic carbocycles. The van der Waals surface area contributed by atoms with E-state index in [0.717, 1.165) is 36.3 Å². The molecule has 1 nitrogen and oxygen atoms in total. The number of hydrogen-bond donors (Lipinski definition) is 1. The van der Waals surface area contributed by atoms with Gasteiger partial charge in [-0.3, -0.25) is 0 Å². The maximum absolute atomic E-state index is 7.64. The molecule has 0 aromatic rings. The minimum Gasteiger partial charge on any atom is -0.310 e. The molecule has 1 aliphatic carbocycles. The van der Waals surface area contributed by atoms with E-state index >= 15 is 0 Å². The van der Waals surface area contributed by atoms with E-state index in [4.69, 9.17) is 5.41 Å². The molecule has 3 unspecified atom stereocenters. The Balaban J connectivity index is 2.58. The lowest BCUT2D eigenvalue weighted by molar-refractivity contribution is 0.242. The molecular weight excluding hydrogens is 134 g/mol. The van der Waals surface area contributed by atoms with Crippen molar-refractivity contribution in [3.8, 4) is 0 Å². The Kier molecular flexibility index (Phi) is 2.69. The third-order valence-electron chi connectivity index (χ3n) is 3.24. The summed E-state index contributed by atoms with van der Waals surface area (Å²) >= 11 is 0. The fraction of sp³-hybridized carbons (Fsp3) is 0.900. The standard InChI is InChI=1S/C10H19N/c1-4-9-6-10(11)5-7(2)8(9)3/h7-9,11H,4-6H2,1-3H3. The van der Waals surface area contributed by atoms with Gasteiger partial charge >= 0.3 is 0 Å². The van der Waals surface area contributed by atoms with Crippen molar-refractivity contribution in [3.05, 3.63) is 0 Å².